The average molecular weight is 208 g/mol. The van der Waals surface area contributed by atoms with Crippen LogP contribution in [0.1, 0.15) is 32.6 Å². The van der Waals surface area contributed by atoms with E-state index in [9.17, 15) is 9.59 Å². The topological polar surface area (TPSA) is 43.4 Å². The smallest absolute Gasteiger partial charge is 0.330 e. The Kier molecular flexibility index (Phi) is 4.81. The Morgan fingerprint density at radius 3 is 3.07 bits per heavy atom. The Morgan fingerprint density at radius 1 is 1.53 bits per heavy atom. The molecule has 0 unspecified atom stereocenters. The summed E-state index contributed by atoms with van der Waals surface area (Å²) in [6.45, 7) is 1.86. The molecule has 0 fully saturated rings. The number of hydrogen-bond acceptors (Lipinski definition) is 3. The number of ether oxygens (including phenoxy) is 1. The second-order valence-corrected chi connectivity index (χ2v) is 3.51. The van der Waals surface area contributed by atoms with Crippen LogP contribution in [0.5, 0.6) is 0 Å². The molecule has 1 aliphatic carbocycles. The van der Waals surface area contributed by atoms with Gasteiger partial charge in [-0.25, -0.2) is 4.79 Å². The van der Waals surface area contributed by atoms with E-state index in [2.05, 4.69) is 0 Å². The molecule has 0 aliphatic heterocycles. The Hall–Kier alpha value is -1.38. The van der Waals surface area contributed by atoms with Crippen molar-refractivity contribution in [2.75, 3.05) is 6.61 Å². The van der Waals surface area contributed by atoms with Gasteiger partial charge >= 0.3 is 5.97 Å². The lowest BCUT2D eigenvalue weighted by atomic mass is 10.1. The maximum Gasteiger partial charge on any atom is 0.330 e. The van der Waals surface area contributed by atoms with Gasteiger partial charge in [0.25, 0.3) is 0 Å². The predicted octanol–water partition coefficient (Wildman–Crippen LogP) is 2.18. The van der Waals surface area contributed by atoms with Crippen LogP contribution in [-0.4, -0.2) is 18.4 Å². The number of allylic oxidation sites excluding steroid dienone is 2. The fourth-order valence-electron chi connectivity index (χ4n) is 1.45. The second kappa shape index (κ2) is 6.17. The van der Waals surface area contributed by atoms with Crippen LogP contribution in [-0.2, 0) is 14.3 Å². The molecule has 0 aromatic rings. The largest absolute Gasteiger partial charge is 0.458 e. The van der Waals surface area contributed by atoms with Gasteiger partial charge in [-0.1, -0.05) is 12.2 Å². The number of ketones is 1. The van der Waals surface area contributed by atoms with Gasteiger partial charge in [0.05, 0.1) is 0 Å². The zero-order valence-corrected chi connectivity index (χ0v) is 8.99. The lowest BCUT2D eigenvalue weighted by Gasteiger charge is -2.04. The van der Waals surface area contributed by atoms with Crippen LogP contribution in [0.2, 0.25) is 0 Å². The van der Waals surface area contributed by atoms with Crippen LogP contribution in [0.15, 0.2) is 23.8 Å². The first kappa shape index (κ1) is 11.7. The van der Waals surface area contributed by atoms with Gasteiger partial charge in [0.2, 0.25) is 0 Å². The summed E-state index contributed by atoms with van der Waals surface area (Å²) in [5, 5.41) is 0. The molecule has 3 nitrogen and oxygen atoms in total. The monoisotopic (exact) mass is 208 g/mol. The molecule has 0 heterocycles. The Labute approximate surface area is 89.8 Å². The molecular formula is C12H16O3. The number of Topliss-reactive ketones (excluding diaryl/α,β-unsaturated/α-hetero) is 1. The van der Waals surface area contributed by atoms with E-state index in [1.54, 1.807) is 13.0 Å². The molecule has 0 N–H and O–H groups in total. The van der Waals surface area contributed by atoms with Crippen LogP contribution >= 0.6 is 0 Å². The van der Waals surface area contributed by atoms with Gasteiger partial charge in [-0.3, -0.25) is 4.79 Å². The molecule has 0 saturated carbocycles. The summed E-state index contributed by atoms with van der Waals surface area (Å²) >= 11 is 0. The van der Waals surface area contributed by atoms with Gasteiger partial charge in [0.1, 0.15) is 6.61 Å². The van der Waals surface area contributed by atoms with Crippen LogP contribution in [0.4, 0.5) is 0 Å². The van der Waals surface area contributed by atoms with E-state index in [4.69, 9.17) is 4.74 Å². The molecule has 82 valence electrons. The quantitative estimate of drug-likeness (QED) is 0.527. The highest BCUT2D eigenvalue weighted by Gasteiger charge is 2.13. The number of hydrogen-bond donors (Lipinski definition) is 0. The van der Waals surface area contributed by atoms with Crippen molar-refractivity contribution < 1.29 is 14.3 Å². The summed E-state index contributed by atoms with van der Waals surface area (Å²) in [7, 11) is 0. The van der Waals surface area contributed by atoms with Gasteiger partial charge in [-0.15, -0.1) is 0 Å². The van der Waals surface area contributed by atoms with E-state index in [0.717, 1.165) is 19.3 Å². The first-order chi connectivity index (χ1) is 7.24. The minimum Gasteiger partial charge on any atom is -0.458 e. The fourth-order valence-corrected chi connectivity index (χ4v) is 1.45. The molecule has 1 rings (SSSR count). The van der Waals surface area contributed by atoms with Crippen molar-refractivity contribution in [3.05, 3.63) is 23.8 Å². The second-order valence-electron chi connectivity index (χ2n) is 3.51. The molecule has 0 radical (unpaired) electrons. The van der Waals surface area contributed by atoms with Crippen molar-refractivity contribution in [2.24, 2.45) is 0 Å². The number of esters is 1. The van der Waals surface area contributed by atoms with Gasteiger partial charge < -0.3 is 4.74 Å². The zero-order chi connectivity index (χ0) is 11.1. The summed E-state index contributed by atoms with van der Waals surface area (Å²) in [5.41, 5.74) is 0.644. The number of carbonyl (C=O) groups is 2. The molecule has 0 aromatic heterocycles. The third kappa shape index (κ3) is 4.11. The van der Waals surface area contributed by atoms with E-state index < -0.39 is 5.97 Å². The first-order valence-corrected chi connectivity index (χ1v) is 5.25. The van der Waals surface area contributed by atoms with E-state index >= 15 is 0 Å². The number of carbonyl (C=O) groups excluding carboxylic acids is 2. The third-order valence-electron chi connectivity index (χ3n) is 2.28. The van der Waals surface area contributed by atoms with Crippen molar-refractivity contribution in [1.82, 2.24) is 0 Å². The van der Waals surface area contributed by atoms with E-state index in [1.165, 1.54) is 6.08 Å². The molecule has 0 saturated heterocycles. The average Bonchev–Trinajstić information content (AvgIpc) is 2.41. The molecule has 0 atom stereocenters. The summed E-state index contributed by atoms with van der Waals surface area (Å²) < 4.78 is 4.93. The molecule has 0 spiro atoms. The van der Waals surface area contributed by atoms with E-state index in [-0.39, 0.29) is 12.4 Å². The maximum absolute atomic E-state index is 11.5. The molecule has 0 bridgehead atoms. The Balaban J connectivity index is 2.45. The molecule has 0 amide bonds. The number of rotatable bonds is 3. The lowest BCUT2D eigenvalue weighted by Crippen LogP contribution is -2.11. The molecule has 1 aliphatic rings. The van der Waals surface area contributed by atoms with Gasteiger partial charge in [-0.05, 0) is 26.2 Å². The van der Waals surface area contributed by atoms with Crippen LogP contribution in [0.3, 0.4) is 0 Å². The summed E-state index contributed by atoms with van der Waals surface area (Å²) in [6.07, 6.45) is 8.31. The van der Waals surface area contributed by atoms with Crippen LogP contribution < -0.4 is 0 Å². The Morgan fingerprint density at radius 2 is 2.33 bits per heavy atom. The SMILES string of the molecule is CC=CC(=O)OCC1=CCCCCC1=O. The minimum absolute atomic E-state index is 0.112. The predicted molar refractivity (Wildman–Crippen MR) is 57.3 cm³/mol. The van der Waals surface area contributed by atoms with Gasteiger partial charge in [-0.2, -0.15) is 0 Å². The molecule has 0 aromatic carbocycles. The van der Waals surface area contributed by atoms with Crippen molar-refractivity contribution in [3.8, 4) is 0 Å². The van der Waals surface area contributed by atoms with Gasteiger partial charge in [0, 0.05) is 18.1 Å². The highest BCUT2D eigenvalue weighted by molar-refractivity contribution is 5.96. The molecule has 3 heteroatoms. The lowest BCUT2D eigenvalue weighted by molar-refractivity contribution is -0.137. The minimum atomic E-state index is -0.393. The Bertz CT molecular complexity index is 300. The van der Waals surface area contributed by atoms with Crippen LogP contribution in [0, 0.1) is 0 Å². The third-order valence-corrected chi connectivity index (χ3v) is 2.28. The zero-order valence-electron chi connectivity index (χ0n) is 8.99. The van der Waals surface area contributed by atoms with E-state index in [1.807, 2.05) is 6.08 Å². The van der Waals surface area contributed by atoms with Crippen LogP contribution in [0.25, 0.3) is 0 Å². The first-order valence-electron chi connectivity index (χ1n) is 5.25. The highest BCUT2D eigenvalue weighted by atomic mass is 16.5. The van der Waals surface area contributed by atoms with Crippen molar-refractivity contribution >= 4 is 11.8 Å². The van der Waals surface area contributed by atoms with Crippen molar-refractivity contribution in [3.63, 3.8) is 0 Å². The van der Waals surface area contributed by atoms with Crippen molar-refractivity contribution in [1.29, 1.82) is 0 Å². The fraction of sp³-hybridized carbons (Fsp3) is 0.500. The molecule has 15 heavy (non-hydrogen) atoms. The summed E-state index contributed by atoms with van der Waals surface area (Å²) in [5.74, 6) is -0.281. The van der Waals surface area contributed by atoms with Crippen molar-refractivity contribution in [2.45, 2.75) is 32.6 Å². The molecular weight excluding hydrogens is 192 g/mol. The normalized spacial score (nSPS) is 17.4. The summed E-state index contributed by atoms with van der Waals surface area (Å²) in [4.78, 5) is 22.5. The van der Waals surface area contributed by atoms with Gasteiger partial charge in [0.15, 0.2) is 5.78 Å². The summed E-state index contributed by atoms with van der Waals surface area (Å²) in [6, 6.07) is 0. The highest BCUT2D eigenvalue weighted by Crippen LogP contribution is 2.14. The standard InChI is InChI=1S/C12H16O3/c1-2-6-12(14)15-9-10-7-4-3-5-8-11(10)13/h2,6-7H,3-5,8-9H2,1H3. The van der Waals surface area contributed by atoms with E-state index in [0.29, 0.717) is 12.0 Å². The maximum atomic E-state index is 11.5.